The summed E-state index contributed by atoms with van der Waals surface area (Å²) in [5.74, 6) is 0.975. The van der Waals surface area contributed by atoms with Crippen molar-refractivity contribution in [2.75, 3.05) is 23.3 Å². The van der Waals surface area contributed by atoms with Gasteiger partial charge in [-0.3, -0.25) is 0 Å². The van der Waals surface area contributed by atoms with E-state index in [2.05, 4.69) is 25.6 Å². The molecule has 1 saturated heterocycles. The quantitative estimate of drug-likeness (QED) is 0.940. The fourth-order valence-corrected chi connectivity index (χ4v) is 2.96. The van der Waals surface area contributed by atoms with Crippen LogP contribution in [-0.2, 0) is 0 Å². The maximum Gasteiger partial charge on any atom is 0.162 e. The summed E-state index contributed by atoms with van der Waals surface area (Å²) < 4.78 is 3.97. The predicted molar refractivity (Wildman–Crippen MR) is 75.7 cm³/mol. The number of rotatable bonds is 3. The molecule has 0 spiro atoms. The third-order valence-electron chi connectivity index (χ3n) is 2.95. The standard InChI is InChI=1S/C12H10ClN5S/c13-11-9(5-14)12(19-17-11)16-8-6-18(7-8)10-3-1-2-4-15-10/h1-4,8,16H,6-7H2. The van der Waals surface area contributed by atoms with E-state index in [0.29, 0.717) is 11.6 Å². The number of halogens is 1. The Kier molecular flexibility index (Phi) is 3.23. The van der Waals surface area contributed by atoms with Gasteiger partial charge in [0.25, 0.3) is 0 Å². The summed E-state index contributed by atoms with van der Waals surface area (Å²) in [6.45, 7) is 1.72. The highest BCUT2D eigenvalue weighted by molar-refractivity contribution is 7.10. The number of hydrogen-bond donors (Lipinski definition) is 1. The van der Waals surface area contributed by atoms with E-state index in [4.69, 9.17) is 16.9 Å². The van der Waals surface area contributed by atoms with Crippen molar-refractivity contribution in [3.8, 4) is 6.07 Å². The molecule has 1 N–H and O–H groups in total. The monoisotopic (exact) mass is 291 g/mol. The molecule has 0 bridgehead atoms. The van der Waals surface area contributed by atoms with Crippen molar-refractivity contribution in [3.05, 3.63) is 35.1 Å². The number of nitrogens with zero attached hydrogens (tertiary/aromatic N) is 4. The molecule has 1 aliphatic heterocycles. The summed E-state index contributed by atoms with van der Waals surface area (Å²) in [7, 11) is 0. The summed E-state index contributed by atoms with van der Waals surface area (Å²) in [5.41, 5.74) is 0.433. The van der Waals surface area contributed by atoms with E-state index in [1.54, 1.807) is 6.20 Å². The van der Waals surface area contributed by atoms with Crippen LogP contribution in [0.2, 0.25) is 5.15 Å². The van der Waals surface area contributed by atoms with Crippen LogP contribution < -0.4 is 10.2 Å². The summed E-state index contributed by atoms with van der Waals surface area (Å²) in [6.07, 6.45) is 1.78. The predicted octanol–water partition coefficient (Wildman–Crippen LogP) is 2.36. The number of nitrogens with one attached hydrogen (secondary N) is 1. The van der Waals surface area contributed by atoms with Crippen LogP contribution in [0, 0.1) is 11.3 Å². The molecule has 0 aliphatic carbocycles. The van der Waals surface area contributed by atoms with Crippen molar-refractivity contribution >= 4 is 34.0 Å². The van der Waals surface area contributed by atoms with Gasteiger partial charge in [0.15, 0.2) is 5.15 Å². The topological polar surface area (TPSA) is 64.8 Å². The molecule has 2 aromatic rings. The highest BCUT2D eigenvalue weighted by Gasteiger charge is 2.28. The van der Waals surface area contributed by atoms with Crippen LogP contribution in [-0.4, -0.2) is 28.5 Å². The van der Waals surface area contributed by atoms with Crippen LogP contribution >= 0.6 is 23.1 Å². The Labute approximate surface area is 119 Å². The summed E-state index contributed by atoms with van der Waals surface area (Å²) >= 11 is 7.06. The average Bonchev–Trinajstić information content (AvgIpc) is 2.74. The van der Waals surface area contributed by atoms with Crippen LogP contribution in [0.25, 0.3) is 0 Å². The molecule has 1 fully saturated rings. The van der Waals surface area contributed by atoms with E-state index < -0.39 is 0 Å². The molecule has 19 heavy (non-hydrogen) atoms. The molecule has 0 saturated carbocycles. The lowest BCUT2D eigenvalue weighted by Crippen LogP contribution is -2.55. The molecule has 2 aromatic heterocycles. The molecular weight excluding hydrogens is 282 g/mol. The summed E-state index contributed by atoms with van der Waals surface area (Å²) in [6, 6.07) is 8.22. The van der Waals surface area contributed by atoms with Gasteiger partial charge in [-0.15, -0.1) is 0 Å². The molecule has 0 unspecified atom stereocenters. The first-order valence-electron chi connectivity index (χ1n) is 5.75. The van der Waals surface area contributed by atoms with Gasteiger partial charge < -0.3 is 10.2 Å². The van der Waals surface area contributed by atoms with Gasteiger partial charge in [0.05, 0.1) is 6.04 Å². The zero-order valence-electron chi connectivity index (χ0n) is 9.88. The van der Waals surface area contributed by atoms with E-state index in [9.17, 15) is 0 Å². The molecule has 3 rings (SSSR count). The second-order valence-corrected chi connectivity index (χ2v) is 5.35. The van der Waals surface area contributed by atoms with Gasteiger partial charge in [0, 0.05) is 19.3 Å². The van der Waals surface area contributed by atoms with Crippen LogP contribution in [0.15, 0.2) is 24.4 Å². The Balaban J connectivity index is 1.62. The Morgan fingerprint density at radius 3 is 3.00 bits per heavy atom. The SMILES string of the molecule is N#Cc1c(Cl)nsc1NC1CN(c2ccccn2)C1. The van der Waals surface area contributed by atoms with E-state index in [0.717, 1.165) is 23.9 Å². The van der Waals surface area contributed by atoms with E-state index in [1.807, 2.05) is 18.2 Å². The number of aromatic nitrogens is 2. The molecule has 0 aromatic carbocycles. The average molecular weight is 292 g/mol. The van der Waals surface area contributed by atoms with Gasteiger partial charge in [-0.05, 0) is 23.7 Å². The lowest BCUT2D eigenvalue weighted by molar-refractivity contribution is 0.546. The largest absolute Gasteiger partial charge is 0.368 e. The fraction of sp³-hybridized carbons (Fsp3) is 0.250. The second-order valence-electron chi connectivity index (χ2n) is 4.22. The molecule has 0 amide bonds. The maximum atomic E-state index is 8.99. The first-order valence-corrected chi connectivity index (χ1v) is 6.91. The summed E-state index contributed by atoms with van der Waals surface area (Å²) in [4.78, 5) is 6.47. The molecule has 0 atom stereocenters. The van der Waals surface area contributed by atoms with Gasteiger partial charge in [-0.1, -0.05) is 17.7 Å². The van der Waals surface area contributed by atoms with E-state index in [-0.39, 0.29) is 5.15 Å². The van der Waals surface area contributed by atoms with Crippen molar-refractivity contribution < 1.29 is 0 Å². The number of hydrogen-bond acceptors (Lipinski definition) is 6. The van der Waals surface area contributed by atoms with Crippen molar-refractivity contribution in [2.45, 2.75) is 6.04 Å². The molecule has 7 heteroatoms. The third kappa shape index (κ3) is 2.35. The maximum absolute atomic E-state index is 8.99. The van der Waals surface area contributed by atoms with Gasteiger partial charge in [0.1, 0.15) is 22.5 Å². The van der Waals surface area contributed by atoms with Gasteiger partial charge in [-0.2, -0.15) is 9.64 Å². The molecule has 0 radical (unpaired) electrons. The van der Waals surface area contributed by atoms with Crippen LogP contribution in [0.1, 0.15) is 5.56 Å². The zero-order valence-corrected chi connectivity index (χ0v) is 11.4. The van der Waals surface area contributed by atoms with Crippen molar-refractivity contribution in [1.82, 2.24) is 9.36 Å². The lowest BCUT2D eigenvalue weighted by Gasteiger charge is -2.40. The number of nitriles is 1. The van der Waals surface area contributed by atoms with Crippen molar-refractivity contribution in [1.29, 1.82) is 5.26 Å². The first-order chi connectivity index (χ1) is 9.28. The van der Waals surface area contributed by atoms with E-state index >= 15 is 0 Å². The van der Waals surface area contributed by atoms with E-state index in [1.165, 1.54) is 11.5 Å². The number of anilines is 2. The Bertz CT molecular complexity index is 615. The smallest absolute Gasteiger partial charge is 0.162 e. The molecule has 96 valence electrons. The fourth-order valence-electron chi connectivity index (χ4n) is 1.95. The highest BCUT2D eigenvalue weighted by atomic mass is 35.5. The molecule has 1 aliphatic rings. The second kappa shape index (κ2) is 5.03. The minimum atomic E-state index is 0.274. The summed E-state index contributed by atoms with van der Waals surface area (Å²) in [5, 5.41) is 13.3. The van der Waals surface area contributed by atoms with Crippen molar-refractivity contribution in [3.63, 3.8) is 0 Å². The van der Waals surface area contributed by atoms with Gasteiger partial charge in [0.2, 0.25) is 0 Å². The highest BCUT2D eigenvalue weighted by Crippen LogP contribution is 2.30. The normalized spacial score (nSPS) is 14.8. The number of pyridine rings is 1. The third-order valence-corrected chi connectivity index (χ3v) is 4.10. The molecule has 5 nitrogen and oxygen atoms in total. The Hall–Kier alpha value is -1.84. The van der Waals surface area contributed by atoms with Crippen LogP contribution in [0.5, 0.6) is 0 Å². The molecule has 3 heterocycles. The lowest BCUT2D eigenvalue weighted by atomic mass is 10.1. The van der Waals surface area contributed by atoms with Gasteiger partial charge >= 0.3 is 0 Å². The first kappa shape index (κ1) is 12.2. The minimum Gasteiger partial charge on any atom is -0.368 e. The minimum absolute atomic E-state index is 0.274. The van der Waals surface area contributed by atoms with Gasteiger partial charge in [-0.25, -0.2) is 4.98 Å². The zero-order chi connectivity index (χ0) is 13.2. The molecular formula is C12H10ClN5S. The van der Waals surface area contributed by atoms with Crippen LogP contribution in [0.3, 0.4) is 0 Å². The Morgan fingerprint density at radius 1 is 1.47 bits per heavy atom. The van der Waals surface area contributed by atoms with Crippen molar-refractivity contribution in [2.24, 2.45) is 0 Å². The van der Waals surface area contributed by atoms with Crippen LogP contribution in [0.4, 0.5) is 10.8 Å². The Morgan fingerprint density at radius 2 is 2.32 bits per heavy atom.